The zero-order valence-electron chi connectivity index (χ0n) is 12.8. The lowest BCUT2D eigenvalue weighted by molar-refractivity contribution is 0.0594. The number of pyridine rings is 1. The van der Waals surface area contributed by atoms with E-state index < -0.39 is 5.97 Å². The quantitative estimate of drug-likeness (QED) is 0.794. The Kier molecular flexibility index (Phi) is 5.37. The summed E-state index contributed by atoms with van der Waals surface area (Å²) >= 11 is 3.44. The molecule has 22 heavy (non-hydrogen) atoms. The summed E-state index contributed by atoms with van der Waals surface area (Å²) in [5.41, 5.74) is 1.67. The number of anilines is 1. The van der Waals surface area contributed by atoms with Crippen LogP contribution in [0.25, 0.3) is 10.9 Å². The second-order valence-corrected chi connectivity index (χ2v) is 6.30. The van der Waals surface area contributed by atoms with E-state index in [0.717, 1.165) is 15.5 Å². The Morgan fingerprint density at radius 3 is 2.73 bits per heavy atom. The molecule has 2 aromatic rings. The van der Waals surface area contributed by atoms with Gasteiger partial charge >= 0.3 is 5.97 Å². The molecule has 1 aromatic heterocycles. The maximum absolute atomic E-state index is 11.8. The predicted molar refractivity (Wildman–Crippen MR) is 90.1 cm³/mol. The Bertz CT molecular complexity index is 688. The van der Waals surface area contributed by atoms with Crippen LogP contribution in [0.1, 0.15) is 24.3 Å². The van der Waals surface area contributed by atoms with E-state index in [-0.39, 0.29) is 24.3 Å². The molecular weight excluding hydrogens is 348 g/mol. The Morgan fingerprint density at radius 2 is 2.14 bits per heavy atom. The lowest BCUT2D eigenvalue weighted by atomic mass is 10.0. The minimum atomic E-state index is -0.488. The van der Waals surface area contributed by atoms with Crippen LogP contribution in [0.3, 0.4) is 0 Å². The molecule has 2 rings (SSSR count). The van der Waals surface area contributed by atoms with Gasteiger partial charge in [-0.25, -0.2) is 9.78 Å². The minimum Gasteiger partial charge on any atom is -0.464 e. The summed E-state index contributed by atoms with van der Waals surface area (Å²) in [5, 5.41) is 13.7. The van der Waals surface area contributed by atoms with Crippen LogP contribution < -0.4 is 5.32 Å². The molecule has 0 amide bonds. The van der Waals surface area contributed by atoms with Gasteiger partial charge in [-0.05, 0) is 30.2 Å². The number of hydrogen-bond donors (Lipinski definition) is 2. The number of nitrogens with zero attached hydrogens (tertiary/aromatic N) is 1. The van der Waals surface area contributed by atoms with Crippen LogP contribution >= 0.6 is 15.9 Å². The van der Waals surface area contributed by atoms with Crippen LogP contribution in [0, 0.1) is 5.92 Å². The molecule has 118 valence electrons. The number of halogens is 1. The number of ether oxygens (including phenoxy) is 1. The van der Waals surface area contributed by atoms with Gasteiger partial charge in [-0.2, -0.15) is 0 Å². The smallest absolute Gasteiger partial charge is 0.356 e. The molecule has 0 radical (unpaired) electrons. The van der Waals surface area contributed by atoms with Gasteiger partial charge in [0.05, 0.1) is 25.3 Å². The van der Waals surface area contributed by atoms with Crippen molar-refractivity contribution in [3.8, 4) is 0 Å². The maximum atomic E-state index is 11.8. The molecule has 0 spiro atoms. The van der Waals surface area contributed by atoms with E-state index in [9.17, 15) is 9.90 Å². The number of nitrogens with one attached hydrogen (secondary N) is 1. The van der Waals surface area contributed by atoms with E-state index in [1.54, 1.807) is 6.07 Å². The molecule has 1 atom stereocenters. The summed E-state index contributed by atoms with van der Waals surface area (Å²) in [5.74, 6) is -0.250. The fraction of sp³-hybridized carbons (Fsp3) is 0.375. The van der Waals surface area contributed by atoms with Crippen LogP contribution in [0.15, 0.2) is 28.7 Å². The zero-order valence-corrected chi connectivity index (χ0v) is 14.3. The number of aliphatic hydroxyl groups excluding tert-OH is 1. The highest BCUT2D eigenvalue weighted by Gasteiger charge is 2.17. The summed E-state index contributed by atoms with van der Waals surface area (Å²) in [4.78, 5) is 16.1. The van der Waals surface area contributed by atoms with Gasteiger partial charge in [-0.3, -0.25) is 0 Å². The van der Waals surface area contributed by atoms with Crippen molar-refractivity contribution in [1.82, 2.24) is 4.98 Å². The fourth-order valence-corrected chi connectivity index (χ4v) is 2.51. The highest BCUT2D eigenvalue weighted by Crippen LogP contribution is 2.28. The largest absolute Gasteiger partial charge is 0.464 e. The first kappa shape index (κ1) is 16.7. The number of hydrogen-bond acceptors (Lipinski definition) is 5. The summed E-state index contributed by atoms with van der Waals surface area (Å²) < 4.78 is 5.67. The van der Waals surface area contributed by atoms with E-state index in [2.05, 4.69) is 26.2 Å². The highest BCUT2D eigenvalue weighted by molar-refractivity contribution is 9.10. The lowest BCUT2D eigenvalue weighted by Crippen LogP contribution is -2.29. The van der Waals surface area contributed by atoms with E-state index in [0.29, 0.717) is 5.52 Å². The molecule has 0 saturated carbocycles. The van der Waals surface area contributed by atoms with Crippen LogP contribution in [0.4, 0.5) is 5.69 Å². The fourth-order valence-electron chi connectivity index (χ4n) is 2.15. The third-order valence-corrected chi connectivity index (χ3v) is 4.00. The van der Waals surface area contributed by atoms with Crippen molar-refractivity contribution >= 4 is 38.5 Å². The van der Waals surface area contributed by atoms with Crippen molar-refractivity contribution in [3.05, 3.63) is 34.4 Å². The number of carbonyl (C=O) groups excluding carboxylic acids is 1. The molecule has 0 aliphatic rings. The molecule has 0 aliphatic heterocycles. The van der Waals surface area contributed by atoms with Crippen molar-refractivity contribution in [1.29, 1.82) is 0 Å². The van der Waals surface area contributed by atoms with Crippen molar-refractivity contribution in [2.75, 3.05) is 19.0 Å². The van der Waals surface area contributed by atoms with E-state index >= 15 is 0 Å². The van der Waals surface area contributed by atoms with Gasteiger partial charge < -0.3 is 15.2 Å². The lowest BCUT2D eigenvalue weighted by Gasteiger charge is -2.22. The average Bonchev–Trinajstić information content (AvgIpc) is 2.51. The number of fused-ring (bicyclic) bond motifs is 1. The van der Waals surface area contributed by atoms with E-state index in [1.807, 2.05) is 32.0 Å². The summed E-state index contributed by atoms with van der Waals surface area (Å²) in [6, 6.07) is 7.17. The van der Waals surface area contributed by atoms with Crippen LogP contribution in [0.2, 0.25) is 0 Å². The van der Waals surface area contributed by atoms with Crippen LogP contribution in [-0.2, 0) is 4.74 Å². The van der Waals surface area contributed by atoms with Crippen LogP contribution in [-0.4, -0.2) is 35.8 Å². The van der Waals surface area contributed by atoms with Crippen molar-refractivity contribution in [2.45, 2.75) is 19.9 Å². The number of aromatic nitrogens is 1. The molecule has 0 bridgehead atoms. The SMILES string of the molecule is COC(=O)c1cc(N[C@H](CO)C(C)C)c2cc(Br)ccc2n1. The monoisotopic (exact) mass is 366 g/mol. The van der Waals surface area contributed by atoms with E-state index in [4.69, 9.17) is 4.74 Å². The topological polar surface area (TPSA) is 71.5 Å². The molecule has 0 saturated heterocycles. The van der Waals surface area contributed by atoms with Crippen molar-refractivity contribution < 1.29 is 14.6 Å². The Hall–Kier alpha value is -1.66. The van der Waals surface area contributed by atoms with Gasteiger partial charge in [0.15, 0.2) is 5.69 Å². The van der Waals surface area contributed by atoms with Crippen molar-refractivity contribution in [3.63, 3.8) is 0 Å². The third-order valence-electron chi connectivity index (χ3n) is 3.51. The second-order valence-electron chi connectivity index (χ2n) is 5.39. The van der Waals surface area contributed by atoms with Gasteiger partial charge in [0, 0.05) is 15.5 Å². The standard InChI is InChI=1S/C16H19BrN2O3/c1-9(2)15(8-20)19-13-7-14(16(21)22-3)18-12-5-4-10(17)6-11(12)13/h4-7,9,15,20H,8H2,1-3H3,(H,18,19)/t15-/m1/s1. The van der Waals surface area contributed by atoms with Gasteiger partial charge in [-0.15, -0.1) is 0 Å². The van der Waals surface area contributed by atoms with Crippen molar-refractivity contribution in [2.24, 2.45) is 5.92 Å². The number of carbonyl (C=O) groups is 1. The Morgan fingerprint density at radius 1 is 1.41 bits per heavy atom. The summed E-state index contributed by atoms with van der Waals surface area (Å²) in [6.07, 6.45) is 0. The number of esters is 1. The van der Waals surface area contributed by atoms with Gasteiger partial charge in [0.2, 0.25) is 0 Å². The molecule has 0 unspecified atom stereocenters. The minimum absolute atomic E-state index is 0.00302. The molecule has 1 heterocycles. The third kappa shape index (κ3) is 3.56. The number of aliphatic hydroxyl groups is 1. The van der Waals surface area contributed by atoms with Gasteiger partial charge in [0.25, 0.3) is 0 Å². The molecule has 0 fully saturated rings. The Labute approximate surface area is 137 Å². The molecule has 1 aromatic carbocycles. The predicted octanol–water partition coefficient (Wildman–Crippen LogP) is 3.21. The number of benzene rings is 1. The normalized spacial score (nSPS) is 12.5. The maximum Gasteiger partial charge on any atom is 0.356 e. The average molecular weight is 367 g/mol. The van der Waals surface area contributed by atoms with Gasteiger partial charge in [-0.1, -0.05) is 29.8 Å². The first-order valence-corrected chi connectivity index (χ1v) is 7.81. The number of rotatable bonds is 5. The second kappa shape index (κ2) is 7.07. The molecule has 6 heteroatoms. The first-order valence-electron chi connectivity index (χ1n) is 7.02. The van der Waals surface area contributed by atoms with Crippen LogP contribution in [0.5, 0.6) is 0 Å². The van der Waals surface area contributed by atoms with Gasteiger partial charge in [0.1, 0.15) is 0 Å². The highest BCUT2D eigenvalue weighted by atomic mass is 79.9. The zero-order chi connectivity index (χ0) is 16.3. The van der Waals surface area contributed by atoms with E-state index in [1.165, 1.54) is 7.11 Å². The summed E-state index contributed by atoms with van der Waals surface area (Å²) in [6.45, 7) is 4.05. The molecule has 5 nitrogen and oxygen atoms in total. The summed E-state index contributed by atoms with van der Waals surface area (Å²) in [7, 11) is 1.33. The first-order chi connectivity index (χ1) is 10.5. The molecule has 0 aliphatic carbocycles. The molecule has 2 N–H and O–H groups in total. The Balaban J connectivity index is 2.57. The molecular formula is C16H19BrN2O3. The number of methoxy groups -OCH3 is 1.